The van der Waals surface area contributed by atoms with Gasteiger partial charge in [0.2, 0.25) is 0 Å². The summed E-state index contributed by atoms with van der Waals surface area (Å²) in [6.07, 6.45) is 2.39. The minimum atomic E-state index is 0.251. The molecule has 1 atom stereocenters. The fourth-order valence-corrected chi connectivity index (χ4v) is 2.77. The molecule has 1 aromatic rings. The quantitative estimate of drug-likeness (QED) is 0.872. The molecule has 1 unspecified atom stereocenters. The highest BCUT2D eigenvalue weighted by Gasteiger charge is 2.21. The molecular weight excluding hydrogens is 232 g/mol. The van der Waals surface area contributed by atoms with Crippen LogP contribution in [-0.4, -0.2) is 25.2 Å². The average Bonchev–Trinajstić information content (AvgIpc) is 2.38. The molecule has 0 aliphatic carbocycles. The zero-order valence-corrected chi connectivity index (χ0v) is 12.9. The minimum Gasteiger partial charge on any atom is -0.370 e. The van der Waals surface area contributed by atoms with Gasteiger partial charge in [-0.25, -0.2) is 0 Å². The van der Waals surface area contributed by atoms with E-state index in [-0.39, 0.29) is 5.54 Å². The fourth-order valence-electron chi connectivity index (χ4n) is 2.77. The van der Waals surface area contributed by atoms with Gasteiger partial charge in [0.25, 0.3) is 0 Å². The Labute approximate surface area is 118 Å². The van der Waals surface area contributed by atoms with Crippen LogP contribution in [0.1, 0.15) is 39.7 Å². The van der Waals surface area contributed by atoms with E-state index < -0.39 is 0 Å². The highest BCUT2D eigenvalue weighted by molar-refractivity contribution is 5.55. The number of nitrogens with one attached hydrogen (secondary N) is 1. The fraction of sp³-hybridized carbons (Fsp3) is 0.647. The number of hydrogen-bond donors (Lipinski definition) is 1. The summed E-state index contributed by atoms with van der Waals surface area (Å²) in [6, 6.07) is 8.87. The summed E-state index contributed by atoms with van der Waals surface area (Å²) in [4.78, 5) is 2.54. The van der Waals surface area contributed by atoms with Gasteiger partial charge in [-0.2, -0.15) is 0 Å². The van der Waals surface area contributed by atoms with E-state index in [4.69, 9.17) is 0 Å². The van der Waals surface area contributed by atoms with Crippen LogP contribution in [0.3, 0.4) is 0 Å². The van der Waals surface area contributed by atoms with Gasteiger partial charge in [-0.3, -0.25) is 0 Å². The molecule has 1 heterocycles. The summed E-state index contributed by atoms with van der Waals surface area (Å²) in [6.45, 7) is 12.5. The first-order chi connectivity index (χ1) is 9.02. The van der Waals surface area contributed by atoms with Crippen LogP contribution < -0.4 is 10.2 Å². The lowest BCUT2D eigenvalue weighted by atomic mass is 9.94. The Morgan fingerprint density at radius 1 is 1.32 bits per heavy atom. The first kappa shape index (κ1) is 14.4. The standard InChI is InChI=1S/C17H28N2/c1-5-17(3,4)18-10-11-19-13-14(2)12-15-8-6-7-9-16(15)19/h6-9,14,18H,5,10-13H2,1-4H3. The number of rotatable bonds is 5. The zero-order chi connectivity index (χ0) is 13.9. The van der Waals surface area contributed by atoms with Crippen molar-refractivity contribution < 1.29 is 0 Å². The molecule has 0 spiro atoms. The van der Waals surface area contributed by atoms with Crippen LogP contribution in [0.25, 0.3) is 0 Å². The maximum absolute atomic E-state index is 3.66. The van der Waals surface area contributed by atoms with E-state index in [2.05, 4.69) is 62.2 Å². The lowest BCUT2D eigenvalue weighted by molar-refractivity contribution is 0.377. The monoisotopic (exact) mass is 260 g/mol. The lowest BCUT2D eigenvalue weighted by Gasteiger charge is -2.36. The van der Waals surface area contributed by atoms with Crippen molar-refractivity contribution in [2.45, 2.75) is 46.1 Å². The molecule has 2 rings (SSSR count). The SMILES string of the molecule is CCC(C)(C)NCCN1CC(C)Cc2ccccc21. The highest BCUT2D eigenvalue weighted by atomic mass is 15.2. The van der Waals surface area contributed by atoms with Crippen molar-refractivity contribution in [1.29, 1.82) is 0 Å². The smallest absolute Gasteiger partial charge is 0.0399 e. The van der Waals surface area contributed by atoms with Crippen LogP contribution in [0.4, 0.5) is 5.69 Å². The van der Waals surface area contributed by atoms with Gasteiger partial charge >= 0.3 is 0 Å². The third-order valence-corrected chi connectivity index (χ3v) is 4.30. The summed E-state index contributed by atoms with van der Waals surface area (Å²) < 4.78 is 0. The first-order valence-electron chi connectivity index (χ1n) is 7.60. The Kier molecular flexibility index (Phi) is 4.51. The molecular formula is C17H28N2. The van der Waals surface area contributed by atoms with Gasteiger partial charge in [0.15, 0.2) is 0 Å². The van der Waals surface area contributed by atoms with Crippen LogP contribution in [-0.2, 0) is 6.42 Å². The summed E-state index contributed by atoms with van der Waals surface area (Å²) in [5.74, 6) is 0.758. The van der Waals surface area contributed by atoms with Crippen LogP contribution in [0.5, 0.6) is 0 Å². The molecule has 0 bridgehead atoms. The van der Waals surface area contributed by atoms with Gasteiger partial charge in [0, 0.05) is 30.9 Å². The number of hydrogen-bond acceptors (Lipinski definition) is 2. The van der Waals surface area contributed by atoms with E-state index in [1.54, 1.807) is 0 Å². The Balaban J connectivity index is 1.97. The number of nitrogens with zero attached hydrogens (tertiary/aromatic N) is 1. The molecule has 0 saturated carbocycles. The molecule has 19 heavy (non-hydrogen) atoms. The predicted molar refractivity (Wildman–Crippen MR) is 83.9 cm³/mol. The third kappa shape index (κ3) is 3.73. The summed E-state index contributed by atoms with van der Waals surface area (Å²) >= 11 is 0. The number of para-hydroxylation sites is 1. The van der Waals surface area contributed by atoms with Crippen LogP contribution in [0.2, 0.25) is 0 Å². The molecule has 1 aliphatic heterocycles. The average molecular weight is 260 g/mol. The molecule has 2 heteroatoms. The van der Waals surface area contributed by atoms with E-state index in [1.807, 2.05) is 0 Å². The van der Waals surface area contributed by atoms with E-state index in [0.29, 0.717) is 0 Å². The van der Waals surface area contributed by atoms with E-state index in [9.17, 15) is 0 Å². The molecule has 1 aliphatic rings. The second-order valence-electron chi connectivity index (χ2n) is 6.55. The molecule has 2 nitrogen and oxygen atoms in total. The predicted octanol–water partition coefficient (Wildman–Crippen LogP) is 3.46. The zero-order valence-electron chi connectivity index (χ0n) is 12.9. The van der Waals surface area contributed by atoms with Crippen molar-refractivity contribution in [3.8, 4) is 0 Å². The Bertz CT molecular complexity index is 411. The van der Waals surface area contributed by atoms with Crippen LogP contribution in [0.15, 0.2) is 24.3 Å². The lowest BCUT2D eigenvalue weighted by Crippen LogP contribution is -2.45. The van der Waals surface area contributed by atoms with Gasteiger partial charge in [0.1, 0.15) is 0 Å². The van der Waals surface area contributed by atoms with E-state index in [0.717, 1.165) is 19.0 Å². The normalized spacial score (nSPS) is 19.4. The molecule has 0 aromatic heterocycles. The molecule has 1 aromatic carbocycles. The van der Waals surface area contributed by atoms with Gasteiger partial charge in [0.05, 0.1) is 0 Å². The largest absolute Gasteiger partial charge is 0.370 e. The van der Waals surface area contributed by atoms with Crippen molar-refractivity contribution in [1.82, 2.24) is 5.32 Å². The van der Waals surface area contributed by atoms with Crippen molar-refractivity contribution in [2.75, 3.05) is 24.5 Å². The summed E-state index contributed by atoms with van der Waals surface area (Å²) in [5, 5.41) is 3.66. The van der Waals surface area contributed by atoms with Crippen LogP contribution >= 0.6 is 0 Å². The second kappa shape index (κ2) is 5.96. The van der Waals surface area contributed by atoms with Crippen LogP contribution in [0, 0.1) is 5.92 Å². The summed E-state index contributed by atoms with van der Waals surface area (Å²) in [7, 11) is 0. The Hall–Kier alpha value is -1.02. The number of anilines is 1. The van der Waals surface area contributed by atoms with Crippen molar-refractivity contribution >= 4 is 5.69 Å². The van der Waals surface area contributed by atoms with Gasteiger partial charge in [-0.05, 0) is 44.2 Å². The molecule has 1 N–H and O–H groups in total. The van der Waals surface area contributed by atoms with Gasteiger partial charge < -0.3 is 10.2 Å². The minimum absolute atomic E-state index is 0.251. The number of benzene rings is 1. The van der Waals surface area contributed by atoms with Gasteiger partial charge in [-0.1, -0.05) is 32.0 Å². The summed E-state index contributed by atoms with van der Waals surface area (Å²) in [5.41, 5.74) is 3.20. The van der Waals surface area contributed by atoms with E-state index in [1.165, 1.54) is 30.6 Å². The second-order valence-corrected chi connectivity index (χ2v) is 6.55. The van der Waals surface area contributed by atoms with E-state index >= 15 is 0 Å². The third-order valence-electron chi connectivity index (χ3n) is 4.30. The van der Waals surface area contributed by atoms with Gasteiger partial charge in [-0.15, -0.1) is 0 Å². The topological polar surface area (TPSA) is 15.3 Å². The maximum Gasteiger partial charge on any atom is 0.0399 e. The van der Waals surface area contributed by atoms with Crippen molar-refractivity contribution in [3.63, 3.8) is 0 Å². The number of fused-ring (bicyclic) bond motifs is 1. The highest BCUT2D eigenvalue weighted by Crippen LogP contribution is 2.28. The van der Waals surface area contributed by atoms with Crippen molar-refractivity contribution in [2.24, 2.45) is 5.92 Å². The Morgan fingerprint density at radius 3 is 2.79 bits per heavy atom. The maximum atomic E-state index is 3.66. The first-order valence-corrected chi connectivity index (χ1v) is 7.60. The molecule has 0 fully saturated rings. The molecule has 0 amide bonds. The van der Waals surface area contributed by atoms with Crippen molar-refractivity contribution in [3.05, 3.63) is 29.8 Å². The molecule has 106 valence electrons. The molecule has 0 radical (unpaired) electrons. The Morgan fingerprint density at radius 2 is 2.05 bits per heavy atom. The molecule has 0 saturated heterocycles.